The molecule has 1 aromatic carbocycles. The normalized spacial score (nSPS) is 12.4. The van der Waals surface area contributed by atoms with Gasteiger partial charge in [0.05, 0.1) is 0 Å². The molecule has 2 heteroatoms. The van der Waals surface area contributed by atoms with Gasteiger partial charge in [-0.05, 0) is 37.3 Å². The molecule has 0 saturated carbocycles. The van der Waals surface area contributed by atoms with Crippen LogP contribution in [0.2, 0.25) is 0 Å². The van der Waals surface area contributed by atoms with Crippen molar-refractivity contribution in [3.8, 4) is 0 Å². The van der Waals surface area contributed by atoms with Crippen molar-refractivity contribution < 1.29 is 4.39 Å². The van der Waals surface area contributed by atoms with Crippen LogP contribution in [0.4, 0.5) is 4.39 Å². The third kappa shape index (κ3) is 4.26. The summed E-state index contributed by atoms with van der Waals surface area (Å²) in [6.45, 7) is 3.65. The lowest BCUT2D eigenvalue weighted by molar-refractivity contribution is 0.553. The fourth-order valence-corrected chi connectivity index (χ4v) is 1.57. The molecule has 2 N–H and O–H groups in total. The van der Waals surface area contributed by atoms with Crippen molar-refractivity contribution in [3.05, 3.63) is 48.3 Å². The highest BCUT2D eigenvalue weighted by Crippen LogP contribution is 2.11. The lowest BCUT2D eigenvalue weighted by Gasteiger charge is -2.11. The Morgan fingerprint density at radius 1 is 1.40 bits per heavy atom. The van der Waals surface area contributed by atoms with Crippen molar-refractivity contribution in [2.24, 2.45) is 5.73 Å². The molecular formula is C13H18FN. The molecule has 0 aliphatic heterocycles. The highest BCUT2D eigenvalue weighted by Gasteiger charge is 2.06. The van der Waals surface area contributed by atoms with Gasteiger partial charge in [0, 0.05) is 6.04 Å². The minimum Gasteiger partial charge on any atom is -0.327 e. The van der Waals surface area contributed by atoms with Gasteiger partial charge in [0.2, 0.25) is 0 Å². The highest BCUT2D eigenvalue weighted by molar-refractivity contribution is 5.18. The maximum atomic E-state index is 13.3. The average molecular weight is 207 g/mol. The van der Waals surface area contributed by atoms with Crippen LogP contribution in [0.3, 0.4) is 0 Å². The summed E-state index contributed by atoms with van der Waals surface area (Å²) in [6, 6.07) is 6.85. The maximum Gasteiger partial charge on any atom is 0.126 e. The van der Waals surface area contributed by atoms with E-state index >= 15 is 0 Å². The molecule has 0 fully saturated rings. The van der Waals surface area contributed by atoms with Crippen LogP contribution in [0.1, 0.15) is 24.8 Å². The third-order valence-corrected chi connectivity index (χ3v) is 2.42. The molecule has 0 aliphatic carbocycles. The van der Waals surface area contributed by atoms with Gasteiger partial charge < -0.3 is 5.73 Å². The van der Waals surface area contributed by atoms with Gasteiger partial charge in [-0.3, -0.25) is 0 Å². The van der Waals surface area contributed by atoms with Gasteiger partial charge in [0.25, 0.3) is 0 Å². The lowest BCUT2D eigenvalue weighted by atomic mass is 10.0. The molecule has 15 heavy (non-hydrogen) atoms. The summed E-state index contributed by atoms with van der Waals surface area (Å²) >= 11 is 0. The Bertz CT molecular complexity index is 309. The minimum absolute atomic E-state index is 0.0434. The van der Waals surface area contributed by atoms with Crippen molar-refractivity contribution >= 4 is 0 Å². The molecule has 1 nitrogen and oxygen atoms in total. The number of unbranched alkanes of at least 4 members (excludes halogenated alkanes) is 1. The molecule has 0 aliphatic rings. The van der Waals surface area contributed by atoms with E-state index in [2.05, 4.69) is 6.58 Å². The summed E-state index contributed by atoms with van der Waals surface area (Å²) in [5.74, 6) is -0.156. The molecule has 1 unspecified atom stereocenters. The van der Waals surface area contributed by atoms with Crippen molar-refractivity contribution in [2.75, 3.05) is 0 Å². The molecule has 1 aromatic rings. The molecule has 0 radical (unpaired) electrons. The van der Waals surface area contributed by atoms with Crippen LogP contribution in [0.25, 0.3) is 0 Å². The van der Waals surface area contributed by atoms with Crippen LogP contribution in [0, 0.1) is 5.82 Å². The first kappa shape index (κ1) is 11.9. The summed E-state index contributed by atoms with van der Waals surface area (Å²) in [6.07, 6.45) is 5.42. The second-order valence-corrected chi connectivity index (χ2v) is 3.78. The monoisotopic (exact) mass is 207 g/mol. The standard InChI is InChI=1S/C13H18FN/c1-2-3-4-8-12(15)10-11-7-5-6-9-13(11)14/h2,5-7,9,12H,1,3-4,8,10,15H2. The smallest absolute Gasteiger partial charge is 0.126 e. The molecule has 82 valence electrons. The fourth-order valence-electron chi connectivity index (χ4n) is 1.57. The SMILES string of the molecule is C=CCCCC(N)Cc1ccccc1F. The van der Waals surface area contributed by atoms with E-state index in [0.29, 0.717) is 12.0 Å². The molecule has 0 heterocycles. The maximum absolute atomic E-state index is 13.3. The number of hydrogen-bond acceptors (Lipinski definition) is 1. The third-order valence-electron chi connectivity index (χ3n) is 2.42. The number of nitrogens with two attached hydrogens (primary N) is 1. The van der Waals surface area contributed by atoms with Crippen LogP contribution in [-0.2, 0) is 6.42 Å². The molecule has 0 aromatic heterocycles. The van der Waals surface area contributed by atoms with Crippen LogP contribution in [-0.4, -0.2) is 6.04 Å². The van der Waals surface area contributed by atoms with Crippen molar-refractivity contribution in [2.45, 2.75) is 31.7 Å². The van der Waals surface area contributed by atoms with Crippen LogP contribution < -0.4 is 5.73 Å². The van der Waals surface area contributed by atoms with Gasteiger partial charge in [0.1, 0.15) is 5.82 Å². The van der Waals surface area contributed by atoms with Gasteiger partial charge >= 0.3 is 0 Å². The Labute approximate surface area is 90.8 Å². The minimum atomic E-state index is -0.156. The fraction of sp³-hybridized carbons (Fsp3) is 0.385. The molecule has 1 rings (SSSR count). The summed E-state index contributed by atoms with van der Waals surface area (Å²) < 4.78 is 13.3. The van der Waals surface area contributed by atoms with E-state index in [-0.39, 0.29) is 11.9 Å². The Kier molecular flexibility index (Phi) is 5.05. The molecule has 0 bridgehead atoms. The molecular weight excluding hydrogens is 189 g/mol. The van der Waals surface area contributed by atoms with Gasteiger partial charge in [-0.15, -0.1) is 6.58 Å². The molecule has 0 saturated heterocycles. The predicted molar refractivity (Wildman–Crippen MR) is 62.1 cm³/mol. The van der Waals surface area contributed by atoms with E-state index in [4.69, 9.17) is 5.73 Å². The Hall–Kier alpha value is -1.15. The summed E-state index contributed by atoms with van der Waals surface area (Å²) in [5.41, 5.74) is 6.63. The van der Waals surface area contributed by atoms with E-state index in [1.807, 2.05) is 12.1 Å². The number of benzene rings is 1. The van der Waals surface area contributed by atoms with Gasteiger partial charge in [-0.2, -0.15) is 0 Å². The van der Waals surface area contributed by atoms with Crippen molar-refractivity contribution in [1.29, 1.82) is 0 Å². The summed E-state index contributed by atoms with van der Waals surface area (Å²) in [4.78, 5) is 0. The second kappa shape index (κ2) is 6.36. The number of hydrogen-bond donors (Lipinski definition) is 1. The number of allylic oxidation sites excluding steroid dienone is 1. The molecule has 1 atom stereocenters. The van der Waals surface area contributed by atoms with E-state index in [1.165, 1.54) is 6.07 Å². The zero-order valence-corrected chi connectivity index (χ0v) is 8.95. The van der Waals surface area contributed by atoms with Gasteiger partial charge in [-0.25, -0.2) is 4.39 Å². The Balaban J connectivity index is 2.40. The Morgan fingerprint density at radius 2 is 2.13 bits per heavy atom. The first-order valence-electron chi connectivity index (χ1n) is 5.34. The van der Waals surface area contributed by atoms with Crippen molar-refractivity contribution in [3.63, 3.8) is 0 Å². The molecule has 0 spiro atoms. The van der Waals surface area contributed by atoms with E-state index < -0.39 is 0 Å². The van der Waals surface area contributed by atoms with Crippen LogP contribution in [0.15, 0.2) is 36.9 Å². The van der Waals surface area contributed by atoms with Crippen molar-refractivity contribution in [1.82, 2.24) is 0 Å². The number of halogens is 1. The van der Waals surface area contributed by atoms with E-state index in [9.17, 15) is 4.39 Å². The van der Waals surface area contributed by atoms with E-state index in [0.717, 1.165) is 19.3 Å². The van der Waals surface area contributed by atoms with Gasteiger partial charge in [-0.1, -0.05) is 24.3 Å². The lowest BCUT2D eigenvalue weighted by Crippen LogP contribution is -2.23. The summed E-state index contributed by atoms with van der Waals surface area (Å²) in [5, 5.41) is 0. The zero-order chi connectivity index (χ0) is 11.1. The largest absolute Gasteiger partial charge is 0.327 e. The topological polar surface area (TPSA) is 26.0 Å². The quantitative estimate of drug-likeness (QED) is 0.563. The van der Waals surface area contributed by atoms with Crippen LogP contribution >= 0.6 is 0 Å². The van der Waals surface area contributed by atoms with Gasteiger partial charge in [0.15, 0.2) is 0 Å². The first-order chi connectivity index (χ1) is 7.24. The van der Waals surface area contributed by atoms with E-state index in [1.54, 1.807) is 12.1 Å². The Morgan fingerprint density at radius 3 is 2.80 bits per heavy atom. The molecule has 0 amide bonds. The highest BCUT2D eigenvalue weighted by atomic mass is 19.1. The second-order valence-electron chi connectivity index (χ2n) is 3.78. The predicted octanol–water partition coefficient (Wildman–Crippen LogP) is 3.05. The average Bonchev–Trinajstić information content (AvgIpc) is 2.22. The zero-order valence-electron chi connectivity index (χ0n) is 8.95. The summed E-state index contributed by atoms with van der Waals surface area (Å²) in [7, 11) is 0. The number of rotatable bonds is 6. The van der Waals surface area contributed by atoms with Crippen LogP contribution in [0.5, 0.6) is 0 Å². The first-order valence-corrected chi connectivity index (χ1v) is 5.34.